The summed E-state index contributed by atoms with van der Waals surface area (Å²) in [4.78, 5) is 0. The topological polar surface area (TPSA) is 21.3 Å². The predicted molar refractivity (Wildman–Crippen MR) is 73.3 cm³/mol. The van der Waals surface area contributed by atoms with E-state index in [2.05, 4.69) is 43.4 Å². The monoisotopic (exact) mass is 235 g/mol. The number of nitrogens with one attached hydrogen (secondary N) is 1. The molecule has 1 atom stereocenters. The smallest absolute Gasteiger partial charge is 0.0462 e. The van der Waals surface area contributed by atoms with E-state index < -0.39 is 0 Å². The zero-order chi connectivity index (χ0) is 12.5. The molecule has 0 aliphatic carbocycles. The molecule has 0 aromatic heterocycles. The summed E-state index contributed by atoms with van der Waals surface area (Å²) in [5.74, 6) is 0. The quantitative estimate of drug-likeness (QED) is 0.697. The van der Waals surface area contributed by atoms with Gasteiger partial charge in [0.2, 0.25) is 0 Å². The van der Waals surface area contributed by atoms with Crippen LogP contribution in [0.4, 0.5) is 0 Å². The molecule has 0 amide bonds. The second kappa shape index (κ2) is 8.26. The van der Waals surface area contributed by atoms with Crippen LogP contribution in [0.3, 0.4) is 0 Å². The first-order valence-electron chi connectivity index (χ1n) is 6.56. The van der Waals surface area contributed by atoms with E-state index in [1.165, 1.54) is 17.5 Å². The first-order valence-corrected chi connectivity index (χ1v) is 6.56. The van der Waals surface area contributed by atoms with Crippen LogP contribution in [0, 0.1) is 6.92 Å². The first kappa shape index (κ1) is 14.2. The van der Waals surface area contributed by atoms with Crippen molar-refractivity contribution in [3.8, 4) is 0 Å². The Kier molecular flexibility index (Phi) is 6.90. The van der Waals surface area contributed by atoms with Crippen LogP contribution in [0.5, 0.6) is 0 Å². The molecule has 0 heterocycles. The number of aryl methyl sites for hydroxylation is 1. The van der Waals surface area contributed by atoms with Crippen molar-refractivity contribution in [2.75, 3.05) is 20.3 Å². The number of rotatable bonds is 8. The van der Waals surface area contributed by atoms with Crippen LogP contribution in [0.25, 0.3) is 0 Å². The lowest BCUT2D eigenvalue weighted by atomic mass is 10.00. The minimum atomic E-state index is 0.463. The fraction of sp³-hybridized carbons (Fsp3) is 0.600. The van der Waals surface area contributed by atoms with Gasteiger partial charge in [0.05, 0.1) is 0 Å². The highest BCUT2D eigenvalue weighted by atomic mass is 16.5. The van der Waals surface area contributed by atoms with Gasteiger partial charge >= 0.3 is 0 Å². The molecule has 0 aliphatic rings. The third-order valence-electron chi connectivity index (χ3n) is 2.93. The average molecular weight is 235 g/mol. The summed E-state index contributed by atoms with van der Waals surface area (Å²) in [6.07, 6.45) is 3.41. The number of hydrogen-bond donors (Lipinski definition) is 1. The van der Waals surface area contributed by atoms with Gasteiger partial charge in [0.1, 0.15) is 0 Å². The maximum absolute atomic E-state index is 5.13. The third-order valence-corrected chi connectivity index (χ3v) is 2.93. The molecule has 17 heavy (non-hydrogen) atoms. The van der Waals surface area contributed by atoms with Crippen molar-refractivity contribution in [2.24, 2.45) is 0 Å². The second-order valence-electron chi connectivity index (χ2n) is 4.56. The van der Waals surface area contributed by atoms with Crippen LogP contribution in [0.1, 0.15) is 43.4 Å². The Hall–Kier alpha value is -0.860. The Balaban J connectivity index is 2.60. The largest absolute Gasteiger partial charge is 0.385 e. The lowest BCUT2D eigenvalue weighted by Crippen LogP contribution is -2.22. The summed E-state index contributed by atoms with van der Waals surface area (Å²) in [7, 11) is 1.77. The molecule has 96 valence electrons. The molecular weight excluding hydrogens is 210 g/mol. The van der Waals surface area contributed by atoms with Gasteiger partial charge in [-0.3, -0.25) is 0 Å². The molecule has 1 unspecified atom stereocenters. The Morgan fingerprint density at radius 1 is 1.35 bits per heavy atom. The molecule has 1 aromatic rings. The van der Waals surface area contributed by atoms with Crippen LogP contribution in [0.15, 0.2) is 24.3 Å². The van der Waals surface area contributed by atoms with Gasteiger partial charge in [-0.2, -0.15) is 0 Å². The highest BCUT2D eigenvalue weighted by Gasteiger charge is 2.09. The van der Waals surface area contributed by atoms with Crippen LogP contribution in [0.2, 0.25) is 0 Å². The van der Waals surface area contributed by atoms with Crippen molar-refractivity contribution < 1.29 is 4.74 Å². The highest BCUT2D eigenvalue weighted by molar-refractivity contribution is 5.25. The van der Waals surface area contributed by atoms with E-state index in [1.807, 2.05) is 0 Å². The molecule has 1 N–H and O–H groups in total. The molecule has 2 nitrogen and oxygen atoms in total. The minimum absolute atomic E-state index is 0.463. The van der Waals surface area contributed by atoms with E-state index in [1.54, 1.807) is 7.11 Å². The number of methoxy groups -OCH3 is 1. The van der Waals surface area contributed by atoms with Crippen LogP contribution in [-0.2, 0) is 4.74 Å². The van der Waals surface area contributed by atoms with Crippen molar-refractivity contribution in [2.45, 2.75) is 39.2 Å². The van der Waals surface area contributed by atoms with E-state index in [0.717, 1.165) is 26.0 Å². The van der Waals surface area contributed by atoms with Gasteiger partial charge in [-0.1, -0.05) is 36.8 Å². The molecule has 1 aromatic carbocycles. The number of ether oxygens (including phenoxy) is 1. The van der Waals surface area contributed by atoms with Crippen LogP contribution >= 0.6 is 0 Å². The second-order valence-corrected chi connectivity index (χ2v) is 4.56. The van der Waals surface area contributed by atoms with E-state index in [9.17, 15) is 0 Å². The Morgan fingerprint density at radius 2 is 2.18 bits per heavy atom. The summed E-state index contributed by atoms with van der Waals surface area (Å²) in [5.41, 5.74) is 2.73. The van der Waals surface area contributed by atoms with E-state index >= 15 is 0 Å². The molecule has 0 bridgehead atoms. The molecule has 0 aliphatic heterocycles. The van der Waals surface area contributed by atoms with Crippen LogP contribution < -0.4 is 5.32 Å². The van der Waals surface area contributed by atoms with Gasteiger partial charge in [-0.25, -0.2) is 0 Å². The zero-order valence-corrected chi connectivity index (χ0v) is 11.3. The highest BCUT2D eigenvalue weighted by Crippen LogP contribution is 2.19. The molecule has 2 heteroatoms. The van der Waals surface area contributed by atoms with E-state index in [-0.39, 0.29) is 0 Å². The van der Waals surface area contributed by atoms with Crippen molar-refractivity contribution in [1.29, 1.82) is 0 Å². The SMILES string of the molecule is CCCNC(CCCOC)c1cccc(C)c1. The lowest BCUT2D eigenvalue weighted by Gasteiger charge is -2.19. The normalized spacial score (nSPS) is 12.6. The maximum atomic E-state index is 5.13. The maximum Gasteiger partial charge on any atom is 0.0462 e. The standard InChI is InChI=1S/C15H25NO/c1-4-10-16-15(9-6-11-17-3)14-8-5-7-13(2)12-14/h5,7-8,12,15-16H,4,6,9-11H2,1-3H3. The molecule has 0 radical (unpaired) electrons. The molecule has 1 rings (SSSR count). The molecule has 0 saturated carbocycles. The summed E-state index contributed by atoms with van der Waals surface area (Å²) in [6.45, 7) is 6.27. The van der Waals surface area contributed by atoms with Crippen molar-refractivity contribution in [3.63, 3.8) is 0 Å². The predicted octanol–water partition coefficient (Wildman–Crippen LogP) is 3.46. The van der Waals surface area contributed by atoms with Gasteiger partial charge in [0.15, 0.2) is 0 Å². The molecular formula is C15H25NO. The first-order chi connectivity index (χ1) is 8.27. The Bertz CT molecular complexity index is 312. The van der Waals surface area contributed by atoms with Gasteiger partial charge in [0, 0.05) is 19.8 Å². The Labute approximate surface area is 105 Å². The fourth-order valence-corrected chi connectivity index (χ4v) is 2.02. The number of hydrogen-bond acceptors (Lipinski definition) is 2. The summed E-state index contributed by atoms with van der Waals surface area (Å²) in [5, 5.41) is 3.62. The van der Waals surface area contributed by atoms with Gasteiger partial charge in [-0.05, 0) is 38.3 Å². The van der Waals surface area contributed by atoms with E-state index in [0.29, 0.717) is 6.04 Å². The average Bonchev–Trinajstić information content (AvgIpc) is 2.33. The summed E-state index contributed by atoms with van der Waals surface area (Å²) in [6, 6.07) is 9.25. The summed E-state index contributed by atoms with van der Waals surface area (Å²) >= 11 is 0. The summed E-state index contributed by atoms with van der Waals surface area (Å²) < 4.78 is 5.13. The van der Waals surface area contributed by atoms with E-state index in [4.69, 9.17) is 4.74 Å². The Morgan fingerprint density at radius 3 is 2.82 bits per heavy atom. The molecule has 0 saturated heterocycles. The lowest BCUT2D eigenvalue weighted by molar-refractivity contribution is 0.188. The van der Waals surface area contributed by atoms with Gasteiger partial charge in [0.25, 0.3) is 0 Å². The van der Waals surface area contributed by atoms with Crippen molar-refractivity contribution in [1.82, 2.24) is 5.32 Å². The van der Waals surface area contributed by atoms with Crippen molar-refractivity contribution >= 4 is 0 Å². The fourth-order valence-electron chi connectivity index (χ4n) is 2.02. The zero-order valence-electron chi connectivity index (χ0n) is 11.3. The van der Waals surface area contributed by atoms with Gasteiger partial charge in [-0.15, -0.1) is 0 Å². The number of benzene rings is 1. The van der Waals surface area contributed by atoms with Crippen molar-refractivity contribution in [3.05, 3.63) is 35.4 Å². The molecule has 0 fully saturated rings. The minimum Gasteiger partial charge on any atom is -0.385 e. The van der Waals surface area contributed by atoms with Crippen LogP contribution in [-0.4, -0.2) is 20.3 Å². The molecule has 0 spiro atoms. The van der Waals surface area contributed by atoms with Gasteiger partial charge < -0.3 is 10.1 Å². The third kappa shape index (κ3) is 5.33.